The van der Waals surface area contributed by atoms with Crippen LogP contribution in [0.1, 0.15) is 26.2 Å². The van der Waals surface area contributed by atoms with Crippen molar-refractivity contribution in [3.05, 3.63) is 18.2 Å². The Bertz CT molecular complexity index is 535. The summed E-state index contributed by atoms with van der Waals surface area (Å²) >= 11 is 0. The van der Waals surface area contributed by atoms with Gasteiger partial charge >= 0.3 is 0 Å². The number of piperidine rings is 1. The number of ether oxygens (including phenoxy) is 1. The summed E-state index contributed by atoms with van der Waals surface area (Å²) in [4.78, 5) is 6.90. The maximum absolute atomic E-state index is 5.56. The molecular formula is C17H26N4O. The molecule has 0 atom stereocenters. The quantitative estimate of drug-likeness (QED) is 0.901. The molecule has 2 aliphatic rings. The van der Waals surface area contributed by atoms with Gasteiger partial charge in [-0.1, -0.05) is 6.92 Å². The number of aliphatic imine (C=N–C) groups is 1. The lowest BCUT2D eigenvalue weighted by atomic mass is 9.98. The Balaban J connectivity index is 1.78. The summed E-state index contributed by atoms with van der Waals surface area (Å²) < 4.78 is 5.56. The van der Waals surface area contributed by atoms with Gasteiger partial charge in [0.25, 0.3) is 0 Å². The van der Waals surface area contributed by atoms with E-state index in [1.807, 2.05) is 12.1 Å². The van der Waals surface area contributed by atoms with Crippen molar-refractivity contribution >= 4 is 17.3 Å². The highest BCUT2D eigenvalue weighted by Crippen LogP contribution is 2.34. The van der Waals surface area contributed by atoms with E-state index in [2.05, 4.69) is 33.5 Å². The van der Waals surface area contributed by atoms with Crippen LogP contribution in [0.2, 0.25) is 0 Å². The van der Waals surface area contributed by atoms with Gasteiger partial charge in [0.15, 0.2) is 5.96 Å². The Morgan fingerprint density at radius 1 is 1.32 bits per heavy atom. The average molecular weight is 302 g/mol. The van der Waals surface area contributed by atoms with E-state index in [9.17, 15) is 0 Å². The Morgan fingerprint density at radius 3 is 2.82 bits per heavy atom. The number of hydrogen-bond acceptors (Lipinski definition) is 5. The Labute approximate surface area is 132 Å². The van der Waals surface area contributed by atoms with Gasteiger partial charge in [-0.3, -0.25) is 4.99 Å². The fourth-order valence-corrected chi connectivity index (χ4v) is 3.02. The first kappa shape index (κ1) is 15.0. The Morgan fingerprint density at radius 2 is 2.14 bits per heavy atom. The number of hydrogen-bond donors (Lipinski definition) is 2. The molecule has 5 nitrogen and oxygen atoms in total. The topological polar surface area (TPSA) is 48.9 Å². The summed E-state index contributed by atoms with van der Waals surface area (Å²) in [5.74, 6) is 2.64. The minimum absolute atomic E-state index is 0.823. The van der Waals surface area contributed by atoms with Gasteiger partial charge in [0.05, 0.1) is 12.8 Å². The van der Waals surface area contributed by atoms with Crippen molar-refractivity contribution in [1.82, 2.24) is 5.32 Å². The first-order valence-electron chi connectivity index (χ1n) is 8.24. The number of nitrogens with zero attached hydrogens (tertiary/aromatic N) is 2. The monoisotopic (exact) mass is 302 g/mol. The first-order chi connectivity index (χ1) is 10.8. The van der Waals surface area contributed by atoms with Crippen molar-refractivity contribution in [2.24, 2.45) is 10.9 Å². The molecule has 0 aromatic heterocycles. The molecule has 1 aromatic rings. The summed E-state index contributed by atoms with van der Waals surface area (Å²) in [5, 5.41) is 6.67. The summed E-state index contributed by atoms with van der Waals surface area (Å²) in [7, 11) is 1.74. The van der Waals surface area contributed by atoms with Crippen molar-refractivity contribution in [2.75, 3.05) is 43.5 Å². The van der Waals surface area contributed by atoms with Crippen LogP contribution in [-0.2, 0) is 0 Å². The number of methoxy groups -OCH3 is 1. The molecule has 2 heterocycles. The zero-order valence-corrected chi connectivity index (χ0v) is 13.6. The molecule has 1 fully saturated rings. The van der Waals surface area contributed by atoms with Crippen LogP contribution in [-0.4, -0.2) is 39.2 Å². The third-order valence-electron chi connectivity index (χ3n) is 4.46. The molecule has 0 bridgehead atoms. The van der Waals surface area contributed by atoms with Gasteiger partial charge in [-0.25, -0.2) is 0 Å². The van der Waals surface area contributed by atoms with Gasteiger partial charge in [-0.2, -0.15) is 0 Å². The molecule has 1 aromatic carbocycles. The smallest absolute Gasteiger partial charge is 0.195 e. The fourth-order valence-electron chi connectivity index (χ4n) is 3.02. The first-order valence-corrected chi connectivity index (χ1v) is 8.24. The van der Waals surface area contributed by atoms with Crippen LogP contribution >= 0.6 is 0 Å². The lowest BCUT2D eigenvalue weighted by Gasteiger charge is -2.33. The minimum Gasteiger partial charge on any atom is -0.495 e. The molecule has 0 aliphatic carbocycles. The standard InChI is InChI=1S/C17H26N4O/c1-13-6-10-21(11-7-13)15-12-14(4-5-16(15)22-2)20-17-18-8-3-9-19-17/h4-5,12-13H,3,6-11H2,1-2H3,(H2,18,19,20). The molecule has 0 saturated carbocycles. The van der Waals surface area contributed by atoms with Gasteiger partial charge < -0.3 is 20.3 Å². The maximum atomic E-state index is 5.56. The maximum Gasteiger partial charge on any atom is 0.195 e. The summed E-state index contributed by atoms with van der Waals surface area (Å²) in [6.07, 6.45) is 3.59. The molecule has 0 amide bonds. The van der Waals surface area contributed by atoms with E-state index in [1.54, 1.807) is 7.11 Å². The second-order valence-corrected chi connectivity index (χ2v) is 6.19. The molecule has 2 N–H and O–H groups in total. The van der Waals surface area contributed by atoms with E-state index >= 15 is 0 Å². The molecule has 22 heavy (non-hydrogen) atoms. The summed E-state index contributed by atoms with van der Waals surface area (Å²) in [5.41, 5.74) is 2.23. The van der Waals surface area contributed by atoms with Crippen LogP contribution in [0.25, 0.3) is 0 Å². The van der Waals surface area contributed by atoms with Gasteiger partial charge in [0.1, 0.15) is 5.75 Å². The van der Waals surface area contributed by atoms with Crippen molar-refractivity contribution in [3.63, 3.8) is 0 Å². The van der Waals surface area contributed by atoms with Crippen molar-refractivity contribution < 1.29 is 4.74 Å². The number of nitrogens with one attached hydrogen (secondary N) is 2. The second kappa shape index (κ2) is 6.90. The number of rotatable bonds is 3. The average Bonchev–Trinajstić information content (AvgIpc) is 2.56. The van der Waals surface area contributed by atoms with Crippen LogP contribution in [0.15, 0.2) is 23.2 Å². The Kier molecular flexibility index (Phi) is 4.71. The van der Waals surface area contributed by atoms with Gasteiger partial charge in [-0.15, -0.1) is 0 Å². The van der Waals surface area contributed by atoms with Crippen LogP contribution in [0, 0.1) is 5.92 Å². The molecule has 2 aliphatic heterocycles. The van der Waals surface area contributed by atoms with Gasteiger partial charge in [0, 0.05) is 31.9 Å². The normalized spacial score (nSPS) is 19.4. The summed E-state index contributed by atoms with van der Waals surface area (Å²) in [6.45, 7) is 6.40. The molecule has 1 saturated heterocycles. The number of guanidine groups is 1. The number of benzene rings is 1. The lowest BCUT2D eigenvalue weighted by molar-refractivity contribution is 0.404. The molecule has 120 valence electrons. The van der Waals surface area contributed by atoms with E-state index in [4.69, 9.17) is 4.74 Å². The SMILES string of the molecule is COc1ccc(NC2=NCCCN2)cc1N1CCC(C)CC1. The fraction of sp³-hybridized carbons (Fsp3) is 0.588. The highest BCUT2D eigenvalue weighted by Gasteiger charge is 2.19. The zero-order valence-electron chi connectivity index (χ0n) is 13.6. The van der Waals surface area contributed by atoms with Crippen LogP contribution in [0.3, 0.4) is 0 Å². The minimum atomic E-state index is 0.823. The predicted octanol–water partition coefficient (Wildman–Crippen LogP) is 2.69. The second-order valence-electron chi connectivity index (χ2n) is 6.19. The molecule has 0 spiro atoms. The highest BCUT2D eigenvalue weighted by atomic mass is 16.5. The number of anilines is 2. The van der Waals surface area contributed by atoms with Crippen LogP contribution < -0.4 is 20.3 Å². The third-order valence-corrected chi connectivity index (χ3v) is 4.46. The van der Waals surface area contributed by atoms with Crippen LogP contribution in [0.4, 0.5) is 11.4 Å². The van der Waals surface area contributed by atoms with Gasteiger partial charge in [0.2, 0.25) is 0 Å². The van der Waals surface area contributed by atoms with Gasteiger partial charge in [-0.05, 0) is 43.4 Å². The predicted molar refractivity (Wildman–Crippen MR) is 92.1 cm³/mol. The van der Waals surface area contributed by atoms with Crippen molar-refractivity contribution in [1.29, 1.82) is 0 Å². The summed E-state index contributed by atoms with van der Waals surface area (Å²) in [6, 6.07) is 6.26. The van der Waals surface area contributed by atoms with E-state index in [0.29, 0.717) is 0 Å². The van der Waals surface area contributed by atoms with E-state index in [-0.39, 0.29) is 0 Å². The van der Waals surface area contributed by atoms with E-state index in [1.165, 1.54) is 18.5 Å². The third kappa shape index (κ3) is 3.46. The Hall–Kier alpha value is -1.91. The van der Waals surface area contributed by atoms with E-state index in [0.717, 1.165) is 55.9 Å². The largest absolute Gasteiger partial charge is 0.495 e. The zero-order chi connectivity index (χ0) is 15.4. The van der Waals surface area contributed by atoms with Crippen molar-refractivity contribution in [2.45, 2.75) is 26.2 Å². The van der Waals surface area contributed by atoms with Crippen molar-refractivity contribution in [3.8, 4) is 5.75 Å². The molecule has 0 radical (unpaired) electrons. The highest BCUT2D eigenvalue weighted by molar-refractivity contribution is 5.94. The molecule has 5 heteroatoms. The van der Waals surface area contributed by atoms with Crippen LogP contribution in [0.5, 0.6) is 5.75 Å². The van der Waals surface area contributed by atoms with E-state index < -0.39 is 0 Å². The lowest BCUT2D eigenvalue weighted by Crippen LogP contribution is -2.35. The molecular weight excluding hydrogens is 276 g/mol. The molecule has 3 rings (SSSR count). The molecule has 0 unspecified atom stereocenters.